The molecule has 100 valence electrons. The third-order valence-corrected chi connectivity index (χ3v) is 4.90. The lowest BCUT2D eigenvalue weighted by atomic mass is 9.92. The van der Waals surface area contributed by atoms with Crippen molar-refractivity contribution in [3.63, 3.8) is 0 Å². The molecule has 19 heavy (non-hydrogen) atoms. The number of amides is 1. The highest BCUT2D eigenvalue weighted by Gasteiger charge is 2.52. The van der Waals surface area contributed by atoms with Gasteiger partial charge in [0.1, 0.15) is 0 Å². The number of benzene rings is 1. The molecule has 0 spiro atoms. The van der Waals surface area contributed by atoms with E-state index in [2.05, 4.69) is 29.6 Å². The van der Waals surface area contributed by atoms with Crippen LogP contribution in [0.4, 0.5) is 0 Å². The summed E-state index contributed by atoms with van der Waals surface area (Å²) in [5.41, 5.74) is 8.27. The number of hydrogen-bond donors (Lipinski definition) is 2. The molecule has 0 aliphatic heterocycles. The maximum atomic E-state index is 12.3. The van der Waals surface area contributed by atoms with Crippen molar-refractivity contribution in [2.75, 3.05) is 0 Å². The number of hydrogen-bond acceptors (Lipinski definition) is 2. The van der Waals surface area contributed by atoms with Crippen LogP contribution >= 0.6 is 0 Å². The van der Waals surface area contributed by atoms with Crippen molar-refractivity contribution in [2.24, 2.45) is 5.73 Å². The summed E-state index contributed by atoms with van der Waals surface area (Å²) in [4.78, 5) is 12.3. The molecule has 0 bridgehead atoms. The van der Waals surface area contributed by atoms with Crippen molar-refractivity contribution in [3.8, 4) is 0 Å². The maximum Gasteiger partial charge on any atom is 0.230 e. The lowest BCUT2D eigenvalue weighted by Crippen LogP contribution is -2.36. The van der Waals surface area contributed by atoms with Crippen molar-refractivity contribution in [2.45, 2.75) is 55.5 Å². The van der Waals surface area contributed by atoms with E-state index in [1.165, 1.54) is 11.1 Å². The lowest BCUT2D eigenvalue weighted by molar-refractivity contribution is -0.123. The van der Waals surface area contributed by atoms with Crippen molar-refractivity contribution in [3.05, 3.63) is 35.4 Å². The van der Waals surface area contributed by atoms with Gasteiger partial charge in [-0.05, 0) is 49.7 Å². The third kappa shape index (κ3) is 1.88. The van der Waals surface area contributed by atoms with Crippen molar-refractivity contribution in [1.82, 2.24) is 5.32 Å². The summed E-state index contributed by atoms with van der Waals surface area (Å²) in [7, 11) is 0. The summed E-state index contributed by atoms with van der Waals surface area (Å²) < 4.78 is 0. The zero-order valence-corrected chi connectivity index (χ0v) is 11.1. The summed E-state index contributed by atoms with van der Waals surface area (Å²) in [5.74, 6) is 0.233. The topological polar surface area (TPSA) is 55.1 Å². The Kier molecular flexibility index (Phi) is 2.17. The van der Waals surface area contributed by atoms with Gasteiger partial charge in [0.15, 0.2) is 0 Å². The first-order valence-electron chi connectivity index (χ1n) is 7.33. The number of carbonyl (C=O) groups is 1. The van der Waals surface area contributed by atoms with Gasteiger partial charge in [-0.3, -0.25) is 4.79 Å². The second kappa shape index (κ2) is 3.60. The molecule has 1 aromatic rings. The van der Waals surface area contributed by atoms with E-state index in [0.717, 1.165) is 38.5 Å². The first-order valence-corrected chi connectivity index (χ1v) is 7.33. The zero-order valence-electron chi connectivity index (χ0n) is 11.1. The minimum absolute atomic E-state index is 0.0779. The van der Waals surface area contributed by atoms with Gasteiger partial charge in [-0.2, -0.15) is 0 Å². The Labute approximate surface area is 113 Å². The Morgan fingerprint density at radius 1 is 1.05 bits per heavy atom. The minimum atomic E-state index is -0.230. The predicted molar refractivity (Wildman–Crippen MR) is 73.6 cm³/mol. The Balaban J connectivity index is 1.56. The average Bonchev–Trinajstić information content (AvgIpc) is 3.23. The SMILES string of the molecule is NC1(c2ccc(C3(C(=O)NC4CC4)CC3)cc2)CC1. The second-order valence-electron chi connectivity index (χ2n) is 6.56. The second-order valence-corrected chi connectivity index (χ2v) is 6.56. The molecule has 0 atom stereocenters. The van der Waals surface area contributed by atoms with Gasteiger partial charge in [-0.15, -0.1) is 0 Å². The van der Waals surface area contributed by atoms with Gasteiger partial charge in [0, 0.05) is 11.6 Å². The zero-order chi connectivity index (χ0) is 13.1. The molecule has 3 aliphatic carbocycles. The van der Waals surface area contributed by atoms with Crippen LogP contribution in [0.15, 0.2) is 24.3 Å². The minimum Gasteiger partial charge on any atom is -0.353 e. The van der Waals surface area contributed by atoms with Gasteiger partial charge in [-0.1, -0.05) is 24.3 Å². The molecule has 0 saturated heterocycles. The number of rotatable bonds is 4. The van der Waals surface area contributed by atoms with Gasteiger partial charge in [-0.25, -0.2) is 0 Å². The first kappa shape index (κ1) is 11.5. The fourth-order valence-electron chi connectivity index (χ4n) is 2.87. The van der Waals surface area contributed by atoms with Crippen LogP contribution in [0.25, 0.3) is 0 Å². The summed E-state index contributed by atoms with van der Waals surface area (Å²) in [6.45, 7) is 0. The van der Waals surface area contributed by atoms with Crippen LogP contribution in [0.1, 0.15) is 49.7 Å². The van der Waals surface area contributed by atoms with Crippen LogP contribution in [0.2, 0.25) is 0 Å². The van der Waals surface area contributed by atoms with E-state index in [4.69, 9.17) is 5.73 Å². The molecule has 0 heterocycles. The first-order chi connectivity index (χ1) is 9.12. The number of carbonyl (C=O) groups excluding carboxylic acids is 1. The average molecular weight is 256 g/mol. The summed E-state index contributed by atoms with van der Waals surface area (Å²) >= 11 is 0. The van der Waals surface area contributed by atoms with Gasteiger partial charge in [0.05, 0.1) is 5.41 Å². The third-order valence-electron chi connectivity index (χ3n) is 4.90. The van der Waals surface area contributed by atoms with Gasteiger partial charge in [0.25, 0.3) is 0 Å². The van der Waals surface area contributed by atoms with E-state index < -0.39 is 0 Å². The highest BCUT2D eigenvalue weighted by Crippen LogP contribution is 2.50. The van der Waals surface area contributed by atoms with Crippen LogP contribution < -0.4 is 11.1 Å². The number of nitrogens with one attached hydrogen (secondary N) is 1. The van der Waals surface area contributed by atoms with Crippen LogP contribution in [0.5, 0.6) is 0 Å². The van der Waals surface area contributed by atoms with E-state index in [1.807, 2.05) is 0 Å². The fourth-order valence-corrected chi connectivity index (χ4v) is 2.87. The van der Waals surface area contributed by atoms with E-state index >= 15 is 0 Å². The Hall–Kier alpha value is -1.35. The molecule has 1 aromatic carbocycles. The Morgan fingerprint density at radius 2 is 1.63 bits per heavy atom. The van der Waals surface area contributed by atoms with Gasteiger partial charge in [0.2, 0.25) is 5.91 Å². The van der Waals surface area contributed by atoms with E-state index in [1.54, 1.807) is 0 Å². The van der Waals surface area contributed by atoms with E-state index in [0.29, 0.717) is 6.04 Å². The summed E-state index contributed by atoms with van der Waals surface area (Å²) in [5, 5.41) is 3.15. The van der Waals surface area contributed by atoms with Crippen LogP contribution in [0, 0.1) is 0 Å². The molecule has 3 fully saturated rings. The number of nitrogens with two attached hydrogens (primary N) is 1. The fraction of sp³-hybridized carbons (Fsp3) is 0.562. The molecule has 3 aliphatic rings. The van der Waals surface area contributed by atoms with Crippen LogP contribution in [-0.2, 0) is 15.7 Å². The molecular weight excluding hydrogens is 236 g/mol. The van der Waals surface area contributed by atoms with Crippen LogP contribution in [0.3, 0.4) is 0 Å². The normalized spacial score (nSPS) is 25.7. The summed E-state index contributed by atoms with van der Waals surface area (Å²) in [6.07, 6.45) is 6.43. The molecule has 0 unspecified atom stereocenters. The van der Waals surface area contributed by atoms with Crippen LogP contribution in [-0.4, -0.2) is 11.9 Å². The van der Waals surface area contributed by atoms with Crippen molar-refractivity contribution >= 4 is 5.91 Å². The van der Waals surface area contributed by atoms with Crippen molar-refractivity contribution in [1.29, 1.82) is 0 Å². The maximum absolute atomic E-state index is 12.3. The standard InChI is InChI=1S/C16H20N2O/c17-16(9-10-16)12-3-1-11(2-4-12)15(7-8-15)14(19)18-13-5-6-13/h1-4,13H,5-10,17H2,(H,18,19). The highest BCUT2D eigenvalue weighted by atomic mass is 16.2. The predicted octanol–water partition coefficient (Wildman–Crippen LogP) is 1.94. The molecule has 3 saturated carbocycles. The molecule has 3 nitrogen and oxygen atoms in total. The van der Waals surface area contributed by atoms with E-state index in [9.17, 15) is 4.79 Å². The Morgan fingerprint density at radius 3 is 2.11 bits per heavy atom. The largest absolute Gasteiger partial charge is 0.353 e. The summed E-state index contributed by atoms with van der Waals surface area (Å²) in [6, 6.07) is 8.91. The molecular formula is C16H20N2O. The molecule has 0 aromatic heterocycles. The molecule has 0 radical (unpaired) electrons. The van der Waals surface area contributed by atoms with E-state index in [-0.39, 0.29) is 16.9 Å². The molecule has 3 N–H and O–H groups in total. The highest BCUT2D eigenvalue weighted by molar-refractivity contribution is 5.91. The molecule has 1 amide bonds. The quantitative estimate of drug-likeness (QED) is 0.865. The van der Waals surface area contributed by atoms with Gasteiger partial charge < -0.3 is 11.1 Å². The smallest absolute Gasteiger partial charge is 0.230 e. The molecule has 3 heteroatoms. The van der Waals surface area contributed by atoms with Gasteiger partial charge >= 0.3 is 0 Å². The monoisotopic (exact) mass is 256 g/mol. The van der Waals surface area contributed by atoms with Crippen molar-refractivity contribution < 1.29 is 4.79 Å². The lowest BCUT2D eigenvalue weighted by Gasteiger charge is -2.17. The Bertz CT molecular complexity index is 522. The molecule has 4 rings (SSSR count).